The summed E-state index contributed by atoms with van der Waals surface area (Å²) in [5.74, 6) is 2.61. The van der Waals surface area contributed by atoms with Gasteiger partial charge >= 0.3 is 0 Å². The molecule has 0 unspecified atom stereocenters. The summed E-state index contributed by atoms with van der Waals surface area (Å²) >= 11 is 2.06. The first kappa shape index (κ1) is 7.42. The molecule has 1 aliphatic rings. The fourth-order valence-electron chi connectivity index (χ4n) is 1.02. The molecule has 1 heterocycles. The van der Waals surface area contributed by atoms with Crippen molar-refractivity contribution in [3.05, 3.63) is 0 Å². The summed E-state index contributed by atoms with van der Waals surface area (Å²) in [6.45, 7) is 5.85. The second-order valence-electron chi connectivity index (χ2n) is 2.80. The van der Waals surface area contributed by atoms with Crippen LogP contribution in [0.5, 0.6) is 0 Å². The zero-order chi connectivity index (χ0) is 6.69. The smallest absolute Gasteiger partial charge is 0.0446 e. The number of nitrogens with zero attached hydrogens (tertiary/aromatic N) is 1. The Bertz CT molecular complexity index is 77.0. The number of rotatable bonds is 1. The van der Waals surface area contributed by atoms with Gasteiger partial charge in [-0.2, -0.15) is 0 Å². The van der Waals surface area contributed by atoms with Crippen molar-refractivity contribution in [3.8, 4) is 0 Å². The summed E-state index contributed by atoms with van der Waals surface area (Å²) in [4.78, 5) is 2.52. The Hall–Kier alpha value is 0.310. The highest BCUT2D eigenvalue weighted by Crippen LogP contribution is 2.15. The summed E-state index contributed by atoms with van der Waals surface area (Å²) in [6, 6.07) is 0.748. The van der Waals surface area contributed by atoms with Crippen LogP contribution >= 0.6 is 11.8 Å². The molecular weight excluding hydrogens is 130 g/mol. The molecule has 0 aliphatic carbocycles. The van der Waals surface area contributed by atoms with Crippen LogP contribution in [0.25, 0.3) is 0 Å². The molecule has 0 aromatic rings. The van der Waals surface area contributed by atoms with Crippen molar-refractivity contribution in [2.45, 2.75) is 26.3 Å². The third kappa shape index (κ3) is 2.18. The van der Waals surface area contributed by atoms with Gasteiger partial charge in [-0.3, -0.25) is 4.90 Å². The molecule has 9 heavy (non-hydrogen) atoms. The molecule has 54 valence electrons. The monoisotopic (exact) mass is 145 g/mol. The molecule has 0 bridgehead atoms. The fraction of sp³-hybridized carbons (Fsp3) is 1.00. The van der Waals surface area contributed by atoms with Crippen LogP contribution < -0.4 is 0 Å². The van der Waals surface area contributed by atoms with E-state index in [9.17, 15) is 0 Å². The maximum atomic E-state index is 2.52. The SMILES string of the molecule is CC(C)N1CCCSC1. The lowest BCUT2D eigenvalue weighted by Gasteiger charge is -2.29. The summed E-state index contributed by atoms with van der Waals surface area (Å²) in [6.07, 6.45) is 1.38. The van der Waals surface area contributed by atoms with Gasteiger partial charge in [0.2, 0.25) is 0 Å². The van der Waals surface area contributed by atoms with Crippen LogP contribution in [-0.4, -0.2) is 29.1 Å². The standard InChI is InChI=1S/C7H15NS/c1-7(2)8-4-3-5-9-6-8/h7H,3-6H2,1-2H3. The third-order valence-electron chi connectivity index (χ3n) is 1.72. The Morgan fingerprint density at radius 1 is 1.44 bits per heavy atom. The van der Waals surface area contributed by atoms with Crippen molar-refractivity contribution in [3.63, 3.8) is 0 Å². The Morgan fingerprint density at radius 3 is 2.56 bits per heavy atom. The van der Waals surface area contributed by atoms with Gasteiger partial charge in [-0.25, -0.2) is 0 Å². The van der Waals surface area contributed by atoms with Crippen molar-refractivity contribution in [2.75, 3.05) is 18.2 Å². The van der Waals surface area contributed by atoms with Gasteiger partial charge in [0.1, 0.15) is 0 Å². The first-order chi connectivity index (χ1) is 4.30. The molecule has 0 saturated carbocycles. The fourth-order valence-corrected chi connectivity index (χ4v) is 2.15. The minimum absolute atomic E-state index is 0.748. The van der Waals surface area contributed by atoms with Gasteiger partial charge in [0, 0.05) is 18.5 Å². The second kappa shape index (κ2) is 3.47. The first-order valence-corrected chi connectivity index (χ1v) is 4.78. The Balaban J connectivity index is 2.23. The van der Waals surface area contributed by atoms with E-state index < -0.39 is 0 Å². The molecule has 1 rings (SSSR count). The number of hydrogen-bond acceptors (Lipinski definition) is 2. The largest absolute Gasteiger partial charge is 0.292 e. The quantitative estimate of drug-likeness (QED) is 0.553. The van der Waals surface area contributed by atoms with E-state index in [0.717, 1.165) is 6.04 Å². The molecule has 1 fully saturated rings. The second-order valence-corrected chi connectivity index (χ2v) is 3.87. The van der Waals surface area contributed by atoms with E-state index in [1.165, 1.54) is 24.6 Å². The molecule has 0 amide bonds. The highest BCUT2D eigenvalue weighted by atomic mass is 32.2. The normalized spacial score (nSPS) is 23.0. The molecule has 0 radical (unpaired) electrons. The van der Waals surface area contributed by atoms with Crippen molar-refractivity contribution in [1.29, 1.82) is 0 Å². The average Bonchev–Trinajstić information content (AvgIpc) is 1.90. The summed E-state index contributed by atoms with van der Waals surface area (Å²) in [7, 11) is 0. The maximum absolute atomic E-state index is 2.52. The van der Waals surface area contributed by atoms with E-state index in [1.807, 2.05) is 0 Å². The van der Waals surface area contributed by atoms with Crippen LogP contribution in [-0.2, 0) is 0 Å². The molecule has 2 heteroatoms. The molecule has 1 nitrogen and oxygen atoms in total. The lowest BCUT2D eigenvalue weighted by molar-refractivity contribution is 0.257. The van der Waals surface area contributed by atoms with Gasteiger partial charge in [-0.1, -0.05) is 0 Å². The van der Waals surface area contributed by atoms with Crippen molar-refractivity contribution < 1.29 is 0 Å². The predicted molar refractivity (Wildman–Crippen MR) is 43.8 cm³/mol. The zero-order valence-electron chi connectivity index (χ0n) is 6.26. The van der Waals surface area contributed by atoms with Crippen molar-refractivity contribution in [1.82, 2.24) is 4.90 Å². The molecule has 0 atom stereocenters. The Kier molecular flexibility index (Phi) is 2.86. The molecular formula is C7H15NS. The summed E-state index contributed by atoms with van der Waals surface area (Å²) < 4.78 is 0. The molecule has 0 aromatic carbocycles. The van der Waals surface area contributed by atoms with E-state index in [1.54, 1.807) is 0 Å². The van der Waals surface area contributed by atoms with Crippen LogP contribution in [0.4, 0.5) is 0 Å². The molecule has 0 N–H and O–H groups in total. The number of hydrogen-bond donors (Lipinski definition) is 0. The van der Waals surface area contributed by atoms with Crippen molar-refractivity contribution >= 4 is 11.8 Å². The van der Waals surface area contributed by atoms with Gasteiger partial charge in [0.05, 0.1) is 0 Å². The minimum atomic E-state index is 0.748. The van der Waals surface area contributed by atoms with Crippen LogP contribution in [0, 0.1) is 0 Å². The van der Waals surface area contributed by atoms with Gasteiger partial charge in [-0.15, -0.1) is 11.8 Å². The zero-order valence-corrected chi connectivity index (χ0v) is 7.08. The predicted octanol–water partition coefficient (Wildman–Crippen LogP) is 1.79. The highest BCUT2D eigenvalue weighted by molar-refractivity contribution is 7.99. The Labute approximate surface area is 61.8 Å². The van der Waals surface area contributed by atoms with E-state index in [4.69, 9.17) is 0 Å². The first-order valence-electron chi connectivity index (χ1n) is 3.62. The van der Waals surface area contributed by atoms with Crippen LogP contribution in [0.2, 0.25) is 0 Å². The number of thioether (sulfide) groups is 1. The van der Waals surface area contributed by atoms with E-state index >= 15 is 0 Å². The van der Waals surface area contributed by atoms with E-state index in [0.29, 0.717) is 0 Å². The summed E-state index contributed by atoms with van der Waals surface area (Å²) in [5.41, 5.74) is 0. The summed E-state index contributed by atoms with van der Waals surface area (Å²) in [5, 5.41) is 0. The lowest BCUT2D eigenvalue weighted by Crippen LogP contribution is -2.34. The van der Waals surface area contributed by atoms with E-state index in [2.05, 4.69) is 30.5 Å². The Morgan fingerprint density at radius 2 is 2.22 bits per heavy atom. The van der Waals surface area contributed by atoms with Crippen molar-refractivity contribution in [2.24, 2.45) is 0 Å². The van der Waals surface area contributed by atoms with E-state index in [-0.39, 0.29) is 0 Å². The van der Waals surface area contributed by atoms with Gasteiger partial charge in [0.25, 0.3) is 0 Å². The lowest BCUT2D eigenvalue weighted by atomic mass is 10.3. The third-order valence-corrected chi connectivity index (χ3v) is 2.81. The van der Waals surface area contributed by atoms with Crippen LogP contribution in [0.1, 0.15) is 20.3 Å². The van der Waals surface area contributed by atoms with Gasteiger partial charge < -0.3 is 0 Å². The maximum Gasteiger partial charge on any atom is 0.0446 e. The van der Waals surface area contributed by atoms with Gasteiger partial charge in [0.15, 0.2) is 0 Å². The molecule has 0 spiro atoms. The van der Waals surface area contributed by atoms with Gasteiger partial charge in [-0.05, 0) is 26.0 Å². The molecule has 1 saturated heterocycles. The molecule has 1 aliphatic heterocycles. The minimum Gasteiger partial charge on any atom is -0.292 e. The average molecular weight is 145 g/mol. The topological polar surface area (TPSA) is 3.24 Å². The molecule has 0 aromatic heterocycles. The van der Waals surface area contributed by atoms with Crippen LogP contribution in [0.3, 0.4) is 0 Å². The highest BCUT2D eigenvalue weighted by Gasteiger charge is 2.11. The van der Waals surface area contributed by atoms with Crippen LogP contribution in [0.15, 0.2) is 0 Å².